The van der Waals surface area contributed by atoms with Gasteiger partial charge >= 0.3 is 6.18 Å². The summed E-state index contributed by atoms with van der Waals surface area (Å²) in [5, 5.41) is 2.72. The lowest BCUT2D eigenvalue weighted by Crippen LogP contribution is -2.30. The quantitative estimate of drug-likeness (QED) is 0.822. The van der Waals surface area contributed by atoms with E-state index in [1.54, 1.807) is 0 Å². The zero-order chi connectivity index (χ0) is 16.2. The SMILES string of the molecule is CC1(C)C(NC(=O)c2ccc(F)c(C(F)(F)F)c2)C1(C)C. The summed E-state index contributed by atoms with van der Waals surface area (Å²) in [5.74, 6) is -2.00. The van der Waals surface area contributed by atoms with E-state index >= 15 is 0 Å². The van der Waals surface area contributed by atoms with E-state index in [2.05, 4.69) is 5.32 Å². The van der Waals surface area contributed by atoms with Crippen molar-refractivity contribution >= 4 is 5.91 Å². The van der Waals surface area contributed by atoms with Crippen LogP contribution in [0.2, 0.25) is 0 Å². The summed E-state index contributed by atoms with van der Waals surface area (Å²) in [6, 6.07) is 2.15. The Morgan fingerprint density at radius 2 is 1.67 bits per heavy atom. The molecule has 1 aromatic carbocycles. The van der Waals surface area contributed by atoms with Crippen LogP contribution in [0.25, 0.3) is 0 Å². The smallest absolute Gasteiger partial charge is 0.348 e. The molecule has 21 heavy (non-hydrogen) atoms. The van der Waals surface area contributed by atoms with Gasteiger partial charge < -0.3 is 5.32 Å². The highest BCUT2D eigenvalue weighted by Gasteiger charge is 2.65. The highest BCUT2D eigenvalue weighted by Crippen LogP contribution is 2.62. The lowest BCUT2D eigenvalue weighted by Gasteiger charge is -2.11. The number of amides is 1. The van der Waals surface area contributed by atoms with E-state index in [1.807, 2.05) is 27.7 Å². The normalized spacial score (nSPS) is 20.2. The summed E-state index contributed by atoms with van der Waals surface area (Å²) < 4.78 is 51.1. The first-order chi connectivity index (χ1) is 9.39. The number of carbonyl (C=O) groups is 1. The molecular formula is C15H17F4NO. The van der Waals surface area contributed by atoms with Gasteiger partial charge in [-0.25, -0.2) is 4.39 Å². The minimum absolute atomic E-state index is 0.128. The lowest BCUT2D eigenvalue weighted by molar-refractivity contribution is -0.140. The topological polar surface area (TPSA) is 29.1 Å². The lowest BCUT2D eigenvalue weighted by atomic mass is 10.0. The van der Waals surface area contributed by atoms with Crippen molar-refractivity contribution in [2.24, 2.45) is 10.8 Å². The highest BCUT2D eigenvalue weighted by molar-refractivity contribution is 5.95. The number of carbonyl (C=O) groups excluding carboxylic acids is 1. The maximum absolute atomic E-state index is 13.2. The molecule has 1 aliphatic rings. The second-order valence-electron chi connectivity index (χ2n) is 6.54. The molecule has 0 aromatic heterocycles. The van der Waals surface area contributed by atoms with Crippen LogP contribution in [0.5, 0.6) is 0 Å². The Balaban J connectivity index is 2.22. The molecule has 116 valence electrons. The van der Waals surface area contributed by atoms with Crippen molar-refractivity contribution in [1.82, 2.24) is 5.32 Å². The molecule has 1 aromatic rings. The first kappa shape index (κ1) is 15.8. The fourth-order valence-corrected chi connectivity index (χ4v) is 2.66. The number of halogens is 4. The van der Waals surface area contributed by atoms with Gasteiger partial charge in [0.1, 0.15) is 5.82 Å². The van der Waals surface area contributed by atoms with E-state index in [-0.39, 0.29) is 22.4 Å². The predicted octanol–water partition coefficient (Wildman–Crippen LogP) is 4.01. The summed E-state index contributed by atoms with van der Waals surface area (Å²) in [4.78, 5) is 12.1. The van der Waals surface area contributed by atoms with Crippen molar-refractivity contribution < 1.29 is 22.4 Å². The van der Waals surface area contributed by atoms with Crippen molar-refractivity contribution in [3.63, 3.8) is 0 Å². The van der Waals surface area contributed by atoms with Crippen LogP contribution in [-0.2, 0) is 6.18 Å². The molecule has 1 amide bonds. The van der Waals surface area contributed by atoms with Crippen LogP contribution in [0.4, 0.5) is 17.6 Å². The molecule has 6 heteroatoms. The molecule has 0 bridgehead atoms. The van der Waals surface area contributed by atoms with Gasteiger partial charge in [0.25, 0.3) is 5.91 Å². The number of hydrogen-bond acceptors (Lipinski definition) is 1. The fourth-order valence-electron chi connectivity index (χ4n) is 2.66. The predicted molar refractivity (Wildman–Crippen MR) is 70.2 cm³/mol. The van der Waals surface area contributed by atoms with Gasteiger partial charge in [-0.1, -0.05) is 27.7 Å². The first-order valence-corrected chi connectivity index (χ1v) is 6.56. The number of alkyl halides is 3. The van der Waals surface area contributed by atoms with Crippen LogP contribution in [0.3, 0.4) is 0 Å². The van der Waals surface area contributed by atoms with Gasteiger partial charge in [-0.15, -0.1) is 0 Å². The van der Waals surface area contributed by atoms with Crippen molar-refractivity contribution in [3.05, 3.63) is 35.1 Å². The summed E-state index contributed by atoms with van der Waals surface area (Å²) in [7, 11) is 0. The van der Waals surface area contributed by atoms with E-state index in [0.29, 0.717) is 12.1 Å². The van der Waals surface area contributed by atoms with Gasteiger partial charge in [0.15, 0.2) is 0 Å². The second kappa shape index (κ2) is 4.45. The average Bonchev–Trinajstić information content (AvgIpc) is 2.70. The fraction of sp³-hybridized carbons (Fsp3) is 0.533. The summed E-state index contributed by atoms with van der Waals surface area (Å²) in [5.41, 5.74) is -1.88. The molecule has 1 N–H and O–H groups in total. The first-order valence-electron chi connectivity index (χ1n) is 6.56. The molecular weight excluding hydrogens is 286 g/mol. The monoisotopic (exact) mass is 303 g/mol. The zero-order valence-electron chi connectivity index (χ0n) is 12.2. The van der Waals surface area contributed by atoms with Crippen LogP contribution in [-0.4, -0.2) is 11.9 Å². The minimum atomic E-state index is -4.82. The Morgan fingerprint density at radius 1 is 1.14 bits per heavy atom. The molecule has 0 heterocycles. The standard InChI is InChI=1S/C15H17F4NO/c1-13(2)12(14(13,3)4)20-11(21)8-5-6-10(16)9(7-8)15(17,18)19/h5-7,12H,1-4H3,(H,20,21). The number of benzene rings is 1. The highest BCUT2D eigenvalue weighted by atomic mass is 19.4. The third kappa shape index (κ3) is 2.51. The Labute approximate surface area is 120 Å². The maximum atomic E-state index is 13.2. The van der Waals surface area contributed by atoms with E-state index in [1.165, 1.54) is 0 Å². The molecule has 0 spiro atoms. The van der Waals surface area contributed by atoms with Gasteiger partial charge in [-0.3, -0.25) is 4.79 Å². The van der Waals surface area contributed by atoms with Gasteiger partial charge in [0, 0.05) is 11.6 Å². The molecule has 0 atom stereocenters. The Morgan fingerprint density at radius 3 is 2.10 bits per heavy atom. The van der Waals surface area contributed by atoms with Crippen LogP contribution < -0.4 is 5.32 Å². The number of nitrogens with one attached hydrogen (secondary N) is 1. The largest absolute Gasteiger partial charge is 0.419 e. The van der Waals surface area contributed by atoms with Crippen LogP contribution in [0, 0.1) is 16.6 Å². The minimum Gasteiger partial charge on any atom is -0.348 e. The number of hydrogen-bond donors (Lipinski definition) is 1. The molecule has 0 radical (unpaired) electrons. The molecule has 0 aliphatic heterocycles. The van der Waals surface area contributed by atoms with E-state index in [4.69, 9.17) is 0 Å². The van der Waals surface area contributed by atoms with Crippen LogP contribution in [0.15, 0.2) is 18.2 Å². The molecule has 2 nitrogen and oxygen atoms in total. The van der Waals surface area contributed by atoms with Gasteiger partial charge in [0.05, 0.1) is 5.56 Å². The van der Waals surface area contributed by atoms with Crippen molar-refractivity contribution in [2.45, 2.75) is 39.9 Å². The average molecular weight is 303 g/mol. The van der Waals surface area contributed by atoms with Gasteiger partial charge in [0.2, 0.25) is 0 Å². The van der Waals surface area contributed by atoms with Crippen LogP contribution >= 0.6 is 0 Å². The molecule has 0 saturated heterocycles. The summed E-state index contributed by atoms with van der Waals surface area (Å²) >= 11 is 0. The summed E-state index contributed by atoms with van der Waals surface area (Å²) in [6.45, 7) is 7.90. The second-order valence-corrected chi connectivity index (χ2v) is 6.54. The van der Waals surface area contributed by atoms with E-state index in [9.17, 15) is 22.4 Å². The van der Waals surface area contributed by atoms with Crippen molar-refractivity contribution in [1.29, 1.82) is 0 Å². The maximum Gasteiger partial charge on any atom is 0.419 e. The van der Waals surface area contributed by atoms with E-state index < -0.39 is 23.5 Å². The molecule has 2 rings (SSSR count). The van der Waals surface area contributed by atoms with Crippen LogP contribution in [0.1, 0.15) is 43.6 Å². The summed E-state index contributed by atoms with van der Waals surface area (Å²) in [6.07, 6.45) is -4.82. The molecule has 1 aliphatic carbocycles. The van der Waals surface area contributed by atoms with Crippen molar-refractivity contribution in [3.8, 4) is 0 Å². The Kier molecular flexibility index (Phi) is 3.35. The van der Waals surface area contributed by atoms with Crippen molar-refractivity contribution in [2.75, 3.05) is 0 Å². The Bertz CT molecular complexity index is 576. The van der Waals surface area contributed by atoms with Gasteiger partial charge in [-0.2, -0.15) is 13.2 Å². The Hall–Kier alpha value is -1.59. The van der Waals surface area contributed by atoms with Gasteiger partial charge in [-0.05, 0) is 29.0 Å². The molecule has 0 unspecified atom stereocenters. The van der Waals surface area contributed by atoms with E-state index in [0.717, 1.165) is 6.07 Å². The molecule has 1 fully saturated rings. The zero-order valence-corrected chi connectivity index (χ0v) is 12.2. The third-order valence-electron chi connectivity index (χ3n) is 4.83. The number of rotatable bonds is 2. The molecule has 1 saturated carbocycles. The third-order valence-corrected chi connectivity index (χ3v) is 4.83.